The highest BCUT2D eigenvalue weighted by Gasteiger charge is 2.15. The summed E-state index contributed by atoms with van der Waals surface area (Å²) in [4.78, 5) is 0. The standard InChI is InChI=1S/C7H12O/c1-5-3-4-7(8)6(5)2/h7-8H,3-4H2,1-2H3/t7-/m1/s1. The zero-order valence-corrected chi connectivity index (χ0v) is 5.44. The highest BCUT2D eigenvalue weighted by Crippen LogP contribution is 2.24. The van der Waals surface area contributed by atoms with Gasteiger partial charge in [0.15, 0.2) is 0 Å². The lowest BCUT2D eigenvalue weighted by Crippen LogP contribution is -2.00. The van der Waals surface area contributed by atoms with Gasteiger partial charge in [-0.2, -0.15) is 0 Å². The van der Waals surface area contributed by atoms with Crippen LogP contribution in [0.2, 0.25) is 0 Å². The molecule has 1 nitrogen and oxygen atoms in total. The van der Waals surface area contributed by atoms with Gasteiger partial charge in [0.05, 0.1) is 6.10 Å². The van der Waals surface area contributed by atoms with Crippen molar-refractivity contribution in [2.75, 3.05) is 0 Å². The van der Waals surface area contributed by atoms with E-state index >= 15 is 0 Å². The van der Waals surface area contributed by atoms with Gasteiger partial charge in [0.2, 0.25) is 0 Å². The van der Waals surface area contributed by atoms with E-state index in [1.54, 1.807) is 0 Å². The van der Waals surface area contributed by atoms with E-state index in [1.807, 2.05) is 6.92 Å². The van der Waals surface area contributed by atoms with Crippen LogP contribution < -0.4 is 0 Å². The van der Waals surface area contributed by atoms with Crippen molar-refractivity contribution in [2.45, 2.75) is 32.8 Å². The van der Waals surface area contributed by atoms with Crippen molar-refractivity contribution >= 4 is 0 Å². The summed E-state index contributed by atoms with van der Waals surface area (Å²) in [5.41, 5.74) is 2.56. The van der Waals surface area contributed by atoms with E-state index in [0.29, 0.717) is 0 Å². The first kappa shape index (κ1) is 5.83. The zero-order valence-electron chi connectivity index (χ0n) is 5.44. The fourth-order valence-electron chi connectivity index (χ4n) is 1.05. The predicted molar refractivity (Wildman–Crippen MR) is 33.6 cm³/mol. The largest absolute Gasteiger partial charge is 0.389 e. The van der Waals surface area contributed by atoms with Crippen LogP contribution in [-0.2, 0) is 0 Å². The molecule has 0 heterocycles. The average Bonchev–Trinajstić information content (AvgIpc) is 1.98. The lowest BCUT2D eigenvalue weighted by atomic mass is 10.2. The molecule has 0 aromatic carbocycles. The molecule has 0 aliphatic heterocycles. The van der Waals surface area contributed by atoms with Crippen molar-refractivity contribution in [2.24, 2.45) is 0 Å². The van der Waals surface area contributed by atoms with E-state index in [9.17, 15) is 0 Å². The quantitative estimate of drug-likeness (QED) is 0.470. The Morgan fingerprint density at radius 2 is 2.12 bits per heavy atom. The molecule has 0 aromatic heterocycles. The molecule has 0 spiro atoms. The molecule has 0 aromatic rings. The van der Waals surface area contributed by atoms with Gasteiger partial charge in [0, 0.05) is 0 Å². The first-order valence-corrected chi connectivity index (χ1v) is 3.06. The summed E-state index contributed by atoms with van der Waals surface area (Å²) < 4.78 is 0. The molecule has 8 heavy (non-hydrogen) atoms. The molecule has 1 aliphatic carbocycles. The highest BCUT2D eigenvalue weighted by molar-refractivity contribution is 5.19. The molecule has 0 amide bonds. The summed E-state index contributed by atoms with van der Waals surface area (Å²) in [5.74, 6) is 0. The van der Waals surface area contributed by atoms with Crippen LogP contribution in [0.15, 0.2) is 11.1 Å². The van der Waals surface area contributed by atoms with Crippen molar-refractivity contribution in [1.82, 2.24) is 0 Å². The molecule has 0 fully saturated rings. The maximum absolute atomic E-state index is 9.11. The Morgan fingerprint density at radius 3 is 2.25 bits per heavy atom. The van der Waals surface area contributed by atoms with Gasteiger partial charge in [-0.3, -0.25) is 0 Å². The van der Waals surface area contributed by atoms with E-state index < -0.39 is 0 Å². The molecule has 1 heteroatoms. The summed E-state index contributed by atoms with van der Waals surface area (Å²) in [5, 5.41) is 9.11. The van der Waals surface area contributed by atoms with Gasteiger partial charge in [0.1, 0.15) is 0 Å². The first-order chi connectivity index (χ1) is 3.72. The van der Waals surface area contributed by atoms with Crippen molar-refractivity contribution in [3.8, 4) is 0 Å². The van der Waals surface area contributed by atoms with Gasteiger partial charge in [-0.1, -0.05) is 5.57 Å². The third-order valence-electron chi connectivity index (χ3n) is 1.97. The Balaban J connectivity index is 2.71. The lowest BCUT2D eigenvalue weighted by molar-refractivity contribution is 0.212. The van der Waals surface area contributed by atoms with Gasteiger partial charge in [-0.25, -0.2) is 0 Å². The Labute approximate surface area is 50.0 Å². The summed E-state index contributed by atoms with van der Waals surface area (Å²) in [6, 6.07) is 0. The first-order valence-electron chi connectivity index (χ1n) is 3.06. The summed E-state index contributed by atoms with van der Waals surface area (Å²) in [6.45, 7) is 4.10. The average molecular weight is 112 g/mol. The minimum absolute atomic E-state index is 0.130. The molecule has 0 radical (unpaired) electrons. The van der Waals surface area contributed by atoms with Gasteiger partial charge in [-0.15, -0.1) is 0 Å². The van der Waals surface area contributed by atoms with Crippen molar-refractivity contribution < 1.29 is 5.11 Å². The van der Waals surface area contributed by atoms with E-state index in [2.05, 4.69) is 6.92 Å². The van der Waals surface area contributed by atoms with Crippen LogP contribution >= 0.6 is 0 Å². The van der Waals surface area contributed by atoms with Crippen LogP contribution in [0.4, 0.5) is 0 Å². The van der Waals surface area contributed by atoms with E-state index in [0.717, 1.165) is 12.8 Å². The van der Waals surface area contributed by atoms with Crippen LogP contribution in [0.5, 0.6) is 0 Å². The molecular weight excluding hydrogens is 100 g/mol. The van der Waals surface area contributed by atoms with Crippen LogP contribution in [0.3, 0.4) is 0 Å². The van der Waals surface area contributed by atoms with Crippen LogP contribution in [0, 0.1) is 0 Å². The lowest BCUT2D eigenvalue weighted by Gasteiger charge is -1.99. The molecule has 1 rings (SSSR count). The van der Waals surface area contributed by atoms with E-state index in [4.69, 9.17) is 5.11 Å². The molecule has 1 N–H and O–H groups in total. The number of allylic oxidation sites excluding steroid dienone is 1. The summed E-state index contributed by atoms with van der Waals surface area (Å²) in [7, 11) is 0. The SMILES string of the molecule is CC1=C(C)[C@H](O)CC1. The Bertz CT molecular complexity index is 124. The zero-order chi connectivity index (χ0) is 6.15. The van der Waals surface area contributed by atoms with Gasteiger partial charge < -0.3 is 5.11 Å². The Morgan fingerprint density at radius 1 is 1.50 bits per heavy atom. The van der Waals surface area contributed by atoms with Crippen LogP contribution in [0.25, 0.3) is 0 Å². The van der Waals surface area contributed by atoms with Crippen LogP contribution in [-0.4, -0.2) is 11.2 Å². The predicted octanol–water partition coefficient (Wildman–Crippen LogP) is 1.48. The minimum Gasteiger partial charge on any atom is -0.389 e. The number of aliphatic hydroxyl groups is 1. The Hall–Kier alpha value is -0.300. The number of aliphatic hydroxyl groups excluding tert-OH is 1. The summed E-state index contributed by atoms with van der Waals surface area (Å²) in [6.07, 6.45) is 1.90. The molecule has 46 valence electrons. The number of hydrogen-bond donors (Lipinski definition) is 1. The maximum Gasteiger partial charge on any atom is 0.0753 e. The van der Waals surface area contributed by atoms with E-state index in [-0.39, 0.29) is 6.10 Å². The van der Waals surface area contributed by atoms with Gasteiger partial charge in [0.25, 0.3) is 0 Å². The fraction of sp³-hybridized carbons (Fsp3) is 0.714. The topological polar surface area (TPSA) is 20.2 Å². The van der Waals surface area contributed by atoms with Crippen molar-refractivity contribution in [3.05, 3.63) is 11.1 Å². The second kappa shape index (κ2) is 1.90. The second-order valence-electron chi connectivity index (χ2n) is 2.52. The third-order valence-corrected chi connectivity index (χ3v) is 1.97. The third kappa shape index (κ3) is 0.781. The fourth-order valence-corrected chi connectivity index (χ4v) is 1.05. The summed E-state index contributed by atoms with van der Waals surface area (Å²) >= 11 is 0. The Kier molecular flexibility index (Phi) is 1.39. The second-order valence-corrected chi connectivity index (χ2v) is 2.52. The van der Waals surface area contributed by atoms with Crippen LogP contribution in [0.1, 0.15) is 26.7 Å². The number of hydrogen-bond acceptors (Lipinski definition) is 1. The normalized spacial score (nSPS) is 29.6. The molecule has 1 atom stereocenters. The van der Waals surface area contributed by atoms with Gasteiger partial charge >= 0.3 is 0 Å². The monoisotopic (exact) mass is 112 g/mol. The maximum atomic E-state index is 9.11. The van der Waals surface area contributed by atoms with E-state index in [1.165, 1.54) is 11.1 Å². The molecular formula is C7H12O. The molecule has 0 unspecified atom stereocenters. The smallest absolute Gasteiger partial charge is 0.0753 e. The minimum atomic E-state index is -0.130. The highest BCUT2D eigenvalue weighted by atomic mass is 16.3. The molecule has 1 aliphatic rings. The molecule has 0 saturated carbocycles. The molecule has 0 bridgehead atoms. The molecule has 0 saturated heterocycles. The van der Waals surface area contributed by atoms with Gasteiger partial charge in [-0.05, 0) is 32.3 Å². The van der Waals surface area contributed by atoms with Crippen molar-refractivity contribution in [1.29, 1.82) is 0 Å². The van der Waals surface area contributed by atoms with Crippen molar-refractivity contribution in [3.63, 3.8) is 0 Å². The number of rotatable bonds is 0.